The Morgan fingerprint density at radius 1 is 0.852 bits per heavy atom. The van der Waals surface area contributed by atoms with Crippen LogP contribution in [0.3, 0.4) is 0 Å². The molecule has 0 bridgehead atoms. The van der Waals surface area contributed by atoms with Gasteiger partial charge < -0.3 is 21.1 Å². The number of carbonyl (C=O) groups is 3. The summed E-state index contributed by atoms with van der Waals surface area (Å²) >= 11 is 0. The van der Waals surface area contributed by atoms with Crippen molar-refractivity contribution in [2.75, 3.05) is 10.6 Å². The summed E-state index contributed by atoms with van der Waals surface area (Å²) in [6, 6.07) is 12.8. The minimum Gasteiger partial charge on any atom is -0.449 e. The molecule has 0 aromatic heterocycles. The summed E-state index contributed by atoms with van der Waals surface area (Å²) in [6.45, 7) is 5.68. The van der Waals surface area contributed by atoms with E-state index in [4.69, 9.17) is 10.5 Å². The van der Waals surface area contributed by atoms with Crippen molar-refractivity contribution in [2.45, 2.75) is 32.8 Å². The third-order valence-corrected chi connectivity index (χ3v) is 3.89. The number of rotatable bonds is 6. The minimum atomic E-state index is -0.967. The normalized spacial score (nSPS) is 11.6. The van der Waals surface area contributed by atoms with Crippen LogP contribution in [-0.2, 0) is 9.53 Å². The van der Waals surface area contributed by atoms with E-state index < -0.39 is 24.0 Å². The van der Waals surface area contributed by atoms with Gasteiger partial charge in [-0.1, -0.05) is 26.0 Å². The summed E-state index contributed by atoms with van der Waals surface area (Å²) in [5.74, 6) is -0.662. The van der Waals surface area contributed by atoms with Crippen molar-refractivity contribution in [2.24, 2.45) is 5.73 Å². The second kappa shape index (κ2) is 8.84. The molecule has 4 N–H and O–H groups in total. The molecule has 0 heterocycles. The topological polar surface area (TPSA) is 111 Å². The molecule has 7 nitrogen and oxygen atoms in total. The second-order valence-electron chi connectivity index (χ2n) is 6.38. The first-order valence-corrected chi connectivity index (χ1v) is 8.54. The summed E-state index contributed by atoms with van der Waals surface area (Å²) in [5, 5.41) is 5.11. The molecule has 142 valence electrons. The summed E-state index contributed by atoms with van der Waals surface area (Å²) in [7, 11) is 0. The van der Waals surface area contributed by atoms with Crippen LogP contribution in [0.2, 0.25) is 0 Å². The van der Waals surface area contributed by atoms with Gasteiger partial charge in [-0.3, -0.25) is 4.79 Å². The maximum Gasteiger partial charge on any atom is 0.338 e. The fraction of sp³-hybridized carbons (Fsp3) is 0.250. The number of hydrogen-bond donors (Lipinski definition) is 3. The van der Waals surface area contributed by atoms with Gasteiger partial charge in [0.05, 0.1) is 5.56 Å². The first kappa shape index (κ1) is 20.0. The molecule has 0 aliphatic rings. The zero-order chi connectivity index (χ0) is 20.0. The van der Waals surface area contributed by atoms with Crippen LogP contribution in [0.4, 0.5) is 16.2 Å². The summed E-state index contributed by atoms with van der Waals surface area (Å²) in [4.78, 5) is 35.2. The van der Waals surface area contributed by atoms with E-state index in [9.17, 15) is 14.4 Å². The van der Waals surface area contributed by atoms with Crippen LogP contribution in [0.1, 0.15) is 42.6 Å². The fourth-order valence-corrected chi connectivity index (χ4v) is 2.31. The predicted octanol–water partition coefficient (Wildman–Crippen LogP) is 3.48. The predicted molar refractivity (Wildman–Crippen MR) is 104 cm³/mol. The Bertz CT molecular complexity index is 814. The third-order valence-electron chi connectivity index (χ3n) is 3.89. The summed E-state index contributed by atoms with van der Waals surface area (Å²) in [5.41, 5.74) is 7.53. The standard InChI is InChI=1S/C20H23N3O4/c1-12(2)14-4-8-16(9-5-14)22-18(24)13(3)27-19(25)15-6-10-17(11-7-15)23-20(21)26/h4-13H,1-3H3,(H,22,24)(H3,21,23,26). The molecule has 1 unspecified atom stereocenters. The van der Waals surface area contributed by atoms with E-state index >= 15 is 0 Å². The highest BCUT2D eigenvalue weighted by Gasteiger charge is 2.19. The minimum absolute atomic E-state index is 0.256. The van der Waals surface area contributed by atoms with Gasteiger partial charge in [0.2, 0.25) is 0 Å². The van der Waals surface area contributed by atoms with E-state index in [0.29, 0.717) is 17.3 Å². The molecule has 0 saturated carbocycles. The Morgan fingerprint density at radius 3 is 1.89 bits per heavy atom. The van der Waals surface area contributed by atoms with Gasteiger partial charge in [0.1, 0.15) is 0 Å². The zero-order valence-electron chi connectivity index (χ0n) is 15.5. The van der Waals surface area contributed by atoms with Gasteiger partial charge in [0.15, 0.2) is 6.10 Å². The first-order chi connectivity index (χ1) is 12.8. The van der Waals surface area contributed by atoms with E-state index in [1.165, 1.54) is 36.8 Å². The van der Waals surface area contributed by atoms with Gasteiger partial charge in [-0.25, -0.2) is 9.59 Å². The molecule has 2 aromatic carbocycles. The van der Waals surface area contributed by atoms with E-state index in [-0.39, 0.29) is 5.56 Å². The monoisotopic (exact) mass is 369 g/mol. The number of benzene rings is 2. The molecule has 2 aromatic rings. The van der Waals surface area contributed by atoms with Gasteiger partial charge in [-0.2, -0.15) is 0 Å². The number of urea groups is 1. The number of amides is 3. The lowest BCUT2D eigenvalue weighted by molar-refractivity contribution is -0.123. The van der Waals surface area contributed by atoms with Crippen molar-refractivity contribution < 1.29 is 19.1 Å². The van der Waals surface area contributed by atoms with Gasteiger partial charge in [0.25, 0.3) is 5.91 Å². The van der Waals surface area contributed by atoms with Crippen molar-refractivity contribution in [1.29, 1.82) is 0 Å². The van der Waals surface area contributed by atoms with E-state index in [0.717, 1.165) is 0 Å². The number of anilines is 2. The van der Waals surface area contributed by atoms with Crippen LogP contribution in [0.5, 0.6) is 0 Å². The van der Waals surface area contributed by atoms with Crippen molar-refractivity contribution in [3.8, 4) is 0 Å². The van der Waals surface area contributed by atoms with E-state index in [1.54, 1.807) is 0 Å². The number of hydrogen-bond acceptors (Lipinski definition) is 4. The zero-order valence-corrected chi connectivity index (χ0v) is 15.5. The molecule has 0 aliphatic carbocycles. The highest BCUT2D eigenvalue weighted by molar-refractivity contribution is 5.97. The number of nitrogens with one attached hydrogen (secondary N) is 2. The lowest BCUT2D eigenvalue weighted by atomic mass is 10.0. The lowest BCUT2D eigenvalue weighted by Crippen LogP contribution is -2.30. The lowest BCUT2D eigenvalue weighted by Gasteiger charge is -2.14. The Kier molecular flexibility index (Phi) is 6.54. The van der Waals surface area contributed by atoms with Crippen LogP contribution in [0.25, 0.3) is 0 Å². The molecular weight excluding hydrogens is 346 g/mol. The molecule has 0 aliphatic heterocycles. The number of nitrogens with two attached hydrogens (primary N) is 1. The van der Waals surface area contributed by atoms with E-state index in [1.807, 2.05) is 24.3 Å². The Labute approximate surface area is 157 Å². The number of ether oxygens (including phenoxy) is 1. The fourth-order valence-electron chi connectivity index (χ4n) is 2.31. The Morgan fingerprint density at radius 2 is 1.37 bits per heavy atom. The largest absolute Gasteiger partial charge is 0.449 e. The maximum absolute atomic E-state index is 12.2. The van der Waals surface area contributed by atoms with Crippen molar-refractivity contribution >= 4 is 29.3 Å². The van der Waals surface area contributed by atoms with Crippen LogP contribution < -0.4 is 16.4 Å². The molecular formula is C20H23N3O4. The second-order valence-corrected chi connectivity index (χ2v) is 6.38. The molecule has 0 fully saturated rings. The molecule has 3 amide bonds. The molecule has 1 atom stereocenters. The number of carbonyl (C=O) groups excluding carboxylic acids is 3. The van der Waals surface area contributed by atoms with Crippen LogP contribution in [0, 0.1) is 0 Å². The summed E-state index contributed by atoms with van der Waals surface area (Å²) in [6.07, 6.45) is -0.967. The average molecular weight is 369 g/mol. The average Bonchev–Trinajstić information content (AvgIpc) is 2.62. The van der Waals surface area contributed by atoms with Gasteiger partial charge in [0, 0.05) is 11.4 Å². The Balaban J connectivity index is 1.92. The molecule has 0 radical (unpaired) electrons. The molecule has 7 heteroatoms. The highest BCUT2D eigenvalue weighted by Crippen LogP contribution is 2.17. The van der Waals surface area contributed by atoms with Crippen molar-refractivity contribution in [3.05, 3.63) is 59.7 Å². The molecule has 2 rings (SSSR count). The van der Waals surface area contributed by atoms with Gasteiger partial charge in [-0.15, -0.1) is 0 Å². The van der Waals surface area contributed by atoms with Crippen molar-refractivity contribution in [3.63, 3.8) is 0 Å². The molecule has 0 saturated heterocycles. The smallest absolute Gasteiger partial charge is 0.338 e. The SMILES string of the molecule is CC(OC(=O)c1ccc(NC(N)=O)cc1)C(=O)Nc1ccc(C(C)C)cc1. The third kappa shape index (κ3) is 5.85. The first-order valence-electron chi connectivity index (χ1n) is 8.54. The number of primary amides is 1. The maximum atomic E-state index is 12.2. The molecule has 27 heavy (non-hydrogen) atoms. The Hall–Kier alpha value is -3.35. The van der Waals surface area contributed by atoms with Crippen LogP contribution >= 0.6 is 0 Å². The van der Waals surface area contributed by atoms with E-state index in [2.05, 4.69) is 24.5 Å². The van der Waals surface area contributed by atoms with Crippen molar-refractivity contribution in [1.82, 2.24) is 0 Å². The molecule has 0 spiro atoms. The quantitative estimate of drug-likeness (QED) is 0.677. The van der Waals surface area contributed by atoms with Gasteiger partial charge in [-0.05, 0) is 54.8 Å². The summed E-state index contributed by atoms with van der Waals surface area (Å²) < 4.78 is 5.19. The van der Waals surface area contributed by atoms with Gasteiger partial charge >= 0.3 is 12.0 Å². The van der Waals surface area contributed by atoms with Crippen LogP contribution in [-0.4, -0.2) is 24.0 Å². The highest BCUT2D eigenvalue weighted by atomic mass is 16.5. The van der Waals surface area contributed by atoms with Crippen LogP contribution in [0.15, 0.2) is 48.5 Å². The number of esters is 1.